The van der Waals surface area contributed by atoms with Gasteiger partial charge in [-0.2, -0.15) is 4.98 Å². The van der Waals surface area contributed by atoms with E-state index in [0.717, 1.165) is 29.1 Å². The molecule has 1 N–H and O–H groups in total. The third kappa shape index (κ3) is 5.07. The number of halogens is 2. The minimum atomic E-state index is -0.435. The van der Waals surface area contributed by atoms with Crippen LogP contribution in [-0.2, 0) is 4.74 Å². The van der Waals surface area contributed by atoms with Crippen molar-refractivity contribution in [3.05, 3.63) is 82.0 Å². The van der Waals surface area contributed by atoms with Crippen molar-refractivity contribution in [2.45, 2.75) is 43.2 Å². The molecule has 228 valence electrons. The Balaban J connectivity index is 1.47. The van der Waals surface area contributed by atoms with Gasteiger partial charge in [-0.15, -0.1) is 18.3 Å². The highest BCUT2D eigenvalue weighted by molar-refractivity contribution is 7.99. The number of rotatable bonds is 6. The second-order valence-electron chi connectivity index (χ2n) is 11.7. The van der Waals surface area contributed by atoms with Gasteiger partial charge in [0.2, 0.25) is 0 Å². The first-order valence-electron chi connectivity index (χ1n) is 15.0. The molecule has 7 rings (SSSR count). The zero-order valence-electron chi connectivity index (χ0n) is 24.7. The fraction of sp³-hybridized carbons (Fsp3) is 0.364. The van der Waals surface area contributed by atoms with E-state index >= 15 is 4.39 Å². The molecule has 44 heavy (non-hydrogen) atoms. The molecule has 2 fully saturated rings. The van der Waals surface area contributed by atoms with E-state index in [4.69, 9.17) is 26.3 Å². The van der Waals surface area contributed by atoms with Crippen LogP contribution in [0.1, 0.15) is 31.7 Å². The monoisotopic (exact) mass is 632 g/mol. The number of para-hydroxylation sites is 1. The molecule has 0 radical (unpaired) electrons. The summed E-state index contributed by atoms with van der Waals surface area (Å²) in [6.07, 6.45) is 2.70. The Morgan fingerprint density at radius 3 is 2.86 bits per heavy atom. The molecule has 4 aromatic rings. The van der Waals surface area contributed by atoms with E-state index in [1.165, 1.54) is 6.07 Å². The van der Waals surface area contributed by atoms with E-state index in [-0.39, 0.29) is 23.2 Å². The Bertz CT molecular complexity index is 1830. The number of hydrogen-bond acceptors (Lipinski definition) is 8. The highest BCUT2D eigenvalue weighted by Crippen LogP contribution is 2.43. The number of thioether (sulfide) groups is 1. The van der Waals surface area contributed by atoms with Crippen LogP contribution < -0.4 is 15.9 Å². The summed E-state index contributed by atoms with van der Waals surface area (Å²) in [7, 11) is 0. The van der Waals surface area contributed by atoms with Gasteiger partial charge >= 0.3 is 5.69 Å². The summed E-state index contributed by atoms with van der Waals surface area (Å²) < 4.78 is 22.9. The van der Waals surface area contributed by atoms with Crippen LogP contribution in [0.25, 0.3) is 28.0 Å². The van der Waals surface area contributed by atoms with E-state index in [1.54, 1.807) is 34.5 Å². The molecule has 2 aromatic heterocycles. The first kappa shape index (κ1) is 29.3. The molecule has 11 heteroatoms. The molecule has 4 heterocycles. The third-order valence-electron chi connectivity index (χ3n) is 8.59. The molecular weight excluding hydrogens is 599 g/mol. The number of benzene rings is 2. The minimum Gasteiger partial charge on any atom is -0.384 e. The second-order valence-corrected chi connectivity index (χ2v) is 13.2. The number of pyridine rings is 1. The summed E-state index contributed by atoms with van der Waals surface area (Å²) in [5.74, 6) is 0.964. The SMILES string of the molecule is C=CCOCN1CCN(c2nc(=O)n3c4nc(c(Cl)cc24)-c2c(F)cccc2NCCSc2cccc(C(C)C)c2-3)[C@H]2C[C@H]21. The standard InChI is InChI=1S/C33H34ClFN6O2S/c1-4-14-43-18-39-12-13-40(26-17-25(26)39)31-21-16-22(34)29-28-23(35)8-6-9-24(28)36-11-15-44-27-10-5-7-20(19(2)3)30(27)41(32(21)37-29)33(42)38-31/h4-10,16,19,25-26,36H,1,11-15,17-18H2,2-3H3/t25-,26+/m1/s1. The number of anilines is 2. The molecule has 3 aliphatic rings. The third-order valence-corrected chi connectivity index (χ3v) is 9.93. The highest BCUT2D eigenvalue weighted by atomic mass is 35.5. The van der Waals surface area contributed by atoms with Crippen LogP contribution >= 0.6 is 23.4 Å². The topological polar surface area (TPSA) is 75.5 Å². The van der Waals surface area contributed by atoms with Crippen LogP contribution in [0.2, 0.25) is 5.02 Å². The fourth-order valence-electron chi connectivity index (χ4n) is 6.46. The summed E-state index contributed by atoms with van der Waals surface area (Å²) >= 11 is 8.62. The van der Waals surface area contributed by atoms with Crippen molar-refractivity contribution in [3.8, 4) is 16.9 Å². The van der Waals surface area contributed by atoms with Crippen LogP contribution in [0.5, 0.6) is 0 Å². The largest absolute Gasteiger partial charge is 0.384 e. The van der Waals surface area contributed by atoms with Crippen LogP contribution in [0, 0.1) is 5.82 Å². The normalized spacial score (nSPS) is 19.5. The molecule has 2 aliphatic heterocycles. The van der Waals surface area contributed by atoms with Crippen LogP contribution in [0.4, 0.5) is 15.9 Å². The van der Waals surface area contributed by atoms with E-state index in [1.807, 2.05) is 18.2 Å². The fourth-order valence-corrected chi connectivity index (χ4v) is 7.65. The number of fused-ring (bicyclic) bond motifs is 6. The number of nitrogens with zero attached hydrogens (tertiary/aromatic N) is 5. The van der Waals surface area contributed by atoms with Crippen LogP contribution in [0.3, 0.4) is 0 Å². The van der Waals surface area contributed by atoms with Crippen LogP contribution in [0.15, 0.2) is 64.8 Å². The Morgan fingerprint density at radius 1 is 1.20 bits per heavy atom. The van der Waals surface area contributed by atoms with Crippen molar-refractivity contribution < 1.29 is 9.13 Å². The average molecular weight is 633 g/mol. The zero-order valence-corrected chi connectivity index (χ0v) is 26.3. The molecule has 1 aliphatic carbocycles. The van der Waals surface area contributed by atoms with E-state index in [9.17, 15) is 4.79 Å². The van der Waals surface area contributed by atoms with E-state index < -0.39 is 11.5 Å². The lowest BCUT2D eigenvalue weighted by molar-refractivity contribution is 0.0337. The van der Waals surface area contributed by atoms with Gasteiger partial charge in [-0.3, -0.25) is 4.90 Å². The summed E-state index contributed by atoms with van der Waals surface area (Å²) in [6.45, 7) is 11.0. The van der Waals surface area contributed by atoms with Crippen molar-refractivity contribution >= 4 is 45.9 Å². The number of ether oxygens (including phenoxy) is 1. The van der Waals surface area contributed by atoms with Gasteiger partial charge in [-0.05, 0) is 42.2 Å². The van der Waals surface area contributed by atoms with Gasteiger partial charge in [0.25, 0.3) is 0 Å². The van der Waals surface area contributed by atoms with Gasteiger partial charge in [-0.25, -0.2) is 18.7 Å². The molecule has 1 saturated carbocycles. The number of aromatic nitrogens is 3. The Morgan fingerprint density at radius 2 is 2.05 bits per heavy atom. The molecule has 0 unspecified atom stereocenters. The predicted molar refractivity (Wildman–Crippen MR) is 176 cm³/mol. The zero-order chi connectivity index (χ0) is 30.5. The lowest BCUT2D eigenvalue weighted by Gasteiger charge is -2.35. The maximum absolute atomic E-state index is 15.5. The van der Waals surface area contributed by atoms with E-state index in [0.29, 0.717) is 65.8 Å². The molecule has 2 aromatic carbocycles. The van der Waals surface area contributed by atoms with Crippen molar-refractivity contribution in [3.63, 3.8) is 0 Å². The first-order chi connectivity index (χ1) is 21.4. The summed E-state index contributed by atoms with van der Waals surface area (Å²) in [6, 6.07) is 13.3. The van der Waals surface area contributed by atoms with Gasteiger partial charge < -0.3 is 15.0 Å². The minimum absolute atomic E-state index is 0.131. The quantitative estimate of drug-likeness (QED) is 0.196. The maximum Gasteiger partial charge on any atom is 0.355 e. The Kier molecular flexibility index (Phi) is 7.86. The molecule has 0 spiro atoms. The lowest BCUT2D eigenvalue weighted by Crippen LogP contribution is -2.48. The molecule has 1 saturated heterocycles. The van der Waals surface area contributed by atoms with Gasteiger partial charge in [-0.1, -0.05) is 49.7 Å². The van der Waals surface area contributed by atoms with Gasteiger partial charge in [0.1, 0.15) is 11.6 Å². The van der Waals surface area contributed by atoms with Crippen molar-refractivity contribution in [1.29, 1.82) is 0 Å². The molecule has 2 atom stereocenters. The van der Waals surface area contributed by atoms with Crippen molar-refractivity contribution in [2.24, 2.45) is 0 Å². The average Bonchev–Trinajstić information content (AvgIpc) is 3.81. The Hall–Kier alpha value is -3.44. The number of nitrogens with one attached hydrogen (secondary N) is 1. The molecular formula is C33H34ClFN6O2S. The smallest absolute Gasteiger partial charge is 0.355 e. The Labute approximate surface area is 264 Å². The second kappa shape index (κ2) is 11.8. The predicted octanol–water partition coefficient (Wildman–Crippen LogP) is 6.30. The maximum atomic E-state index is 15.5. The number of hydrogen-bond donors (Lipinski definition) is 1. The first-order valence-corrected chi connectivity index (χ1v) is 16.3. The molecule has 0 amide bonds. The number of piperazine rings is 1. The summed E-state index contributed by atoms with van der Waals surface area (Å²) in [5.41, 5.74) is 2.96. The molecule has 2 bridgehead atoms. The highest BCUT2D eigenvalue weighted by Gasteiger charge is 2.50. The van der Waals surface area contributed by atoms with Gasteiger partial charge in [0.15, 0.2) is 5.65 Å². The summed E-state index contributed by atoms with van der Waals surface area (Å²) in [5, 5.41) is 4.35. The molecule has 8 nitrogen and oxygen atoms in total. The van der Waals surface area contributed by atoms with Crippen molar-refractivity contribution in [2.75, 3.05) is 48.9 Å². The van der Waals surface area contributed by atoms with Crippen LogP contribution in [-0.4, -0.2) is 70.2 Å². The van der Waals surface area contributed by atoms with E-state index in [2.05, 4.69) is 41.6 Å². The van der Waals surface area contributed by atoms with Gasteiger partial charge in [0, 0.05) is 48.1 Å². The van der Waals surface area contributed by atoms with Gasteiger partial charge in [0.05, 0.1) is 40.7 Å². The summed E-state index contributed by atoms with van der Waals surface area (Å²) in [4.78, 5) is 29.6. The lowest BCUT2D eigenvalue weighted by atomic mass is 10.0. The van der Waals surface area contributed by atoms with Crippen molar-refractivity contribution in [1.82, 2.24) is 19.4 Å².